The normalized spacial score (nSPS) is 12.8. The Morgan fingerprint density at radius 2 is 1.91 bits per heavy atom. The van der Waals surface area contributed by atoms with Crippen molar-refractivity contribution in [3.8, 4) is 17.1 Å². The highest BCUT2D eigenvalue weighted by Crippen LogP contribution is 2.40. The number of aromatic amines is 1. The van der Waals surface area contributed by atoms with E-state index in [9.17, 15) is 18.0 Å². The highest BCUT2D eigenvalue weighted by molar-refractivity contribution is 5.94. The number of ketones is 1. The van der Waals surface area contributed by atoms with Crippen molar-refractivity contribution in [3.05, 3.63) is 58.9 Å². The summed E-state index contributed by atoms with van der Waals surface area (Å²) in [6, 6.07) is 9.44. The zero-order valence-electron chi connectivity index (χ0n) is 19.2. The van der Waals surface area contributed by atoms with Crippen LogP contribution >= 0.6 is 0 Å². The molecule has 34 heavy (non-hydrogen) atoms. The first kappa shape index (κ1) is 23.5. The number of carbonyl (C=O) groups is 1. The van der Waals surface area contributed by atoms with Crippen LogP contribution in [0.2, 0.25) is 0 Å². The maximum atomic E-state index is 14.0. The summed E-state index contributed by atoms with van der Waals surface area (Å²) in [6.07, 6.45) is -4.50. The monoisotopic (exact) mass is 471 g/mol. The molecule has 0 saturated carbocycles. The number of aryl methyl sites for hydroxylation is 3. The first-order chi connectivity index (χ1) is 16.1. The van der Waals surface area contributed by atoms with Crippen LogP contribution in [0.3, 0.4) is 0 Å². The van der Waals surface area contributed by atoms with Gasteiger partial charge in [-0.25, -0.2) is 4.68 Å². The fourth-order valence-corrected chi connectivity index (χ4v) is 4.26. The summed E-state index contributed by atoms with van der Waals surface area (Å²) in [4.78, 5) is 16.8. The van der Waals surface area contributed by atoms with E-state index in [1.165, 1.54) is 11.7 Å². The van der Waals surface area contributed by atoms with Crippen LogP contribution in [-0.4, -0.2) is 37.4 Å². The predicted octanol–water partition coefficient (Wildman–Crippen LogP) is 5.14. The molecule has 3 aromatic heterocycles. The van der Waals surface area contributed by atoms with Crippen molar-refractivity contribution in [2.75, 3.05) is 6.61 Å². The van der Waals surface area contributed by atoms with Gasteiger partial charge >= 0.3 is 6.18 Å². The Labute approximate surface area is 194 Å². The summed E-state index contributed by atoms with van der Waals surface area (Å²) in [5.74, 6) is -0.640. The number of halogens is 3. The van der Waals surface area contributed by atoms with Crippen molar-refractivity contribution in [1.29, 1.82) is 0 Å². The Kier molecular flexibility index (Phi) is 6.16. The minimum Gasteiger partial charge on any atom is -0.470 e. The first-order valence-corrected chi connectivity index (χ1v) is 10.7. The zero-order valence-corrected chi connectivity index (χ0v) is 19.2. The number of nitrogens with one attached hydrogen (secondary N) is 1. The van der Waals surface area contributed by atoms with E-state index in [4.69, 9.17) is 4.74 Å². The molecule has 3 heterocycles. The molecule has 7 nitrogen and oxygen atoms in total. The highest BCUT2D eigenvalue weighted by Gasteiger charge is 2.36. The summed E-state index contributed by atoms with van der Waals surface area (Å²) in [5, 5.41) is 11.2. The third-order valence-electron chi connectivity index (χ3n) is 5.72. The van der Waals surface area contributed by atoms with Crippen molar-refractivity contribution in [2.24, 2.45) is 7.05 Å². The van der Waals surface area contributed by atoms with Gasteiger partial charge in [0.15, 0.2) is 11.4 Å². The number of nitrogens with zero attached hydrogens (tertiary/aromatic N) is 4. The van der Waals surface area contributed by atoms with Gasteiger partial charge in [-0.3, -0.25) is 9.89 Å². The average Bonchev–Trinajstić information content (AvgIpc) is 3.30. The van der Waals surface area contributed by atoms with Gasteiger partial charge in [-0.15, -0.1) is 0 Å². The van der Waals surface area contributed by atoms with Crippen LogP contribution in [0.15, 0.2) is 36.4 Å². The standard InChI is InChI=1S/C24H24F3N5O2/c1-13(20-14(2)29-30-15(20)3)10-17(33)12-34-19-11-18(24(25,26)27)21-22(16-8-6-5-7-9-16)31-32(4)23(21)28-19/h5-9,11,13H,10,12H2,1-4H3,(H,29,30)/t13-/m0/s1. The molecular weight excluding hydrogens is 447 g/mol. The molecule has 1 aromatic carbocycles. The molecule has 10 heteroatoms. The third-order valence-corrected chi connectivity index (χ3v) is 5.72. The van der Waals surface area contributed by atoms with Crippen LogP contribution in [0.4, 0.5) is 13.2 Å². The molecule has 0 radical (unpaired) electrons. The van der Waals surface area contributed by atoms with E-state index in [0.29, 0.717) is 5.56 Å². The fraction of sp³-hybridized carbons (Fsp3) is 0.333. The number of carbonyl (C=O) groups excluding carboxylic acids is 1. The molecule has 1 N–H and O–H groups in total. The lowest BCUT2D eigenvalue weighted by atomic mass is 9.94. The molecule has 0 bridgehead atoms. The molecular formula is C24H24F3N5O2. The van der Waals surface area contributed by atoms with Crippen LogP contribution in [-0.2, 0) is 18.0 Å². The molecule has 0 aliphatic rings. The molecule has 0 aliphatic carbocycles. The number of benzene rings is 1. The third kappa shape index (κ3) is 4.52. The summed E-state index contributed by atoms with van der Waals surface area (Å²) in [7, 11) is 1.52. The van der Waals surface area contributed by atoms with Crippen molar-refractivity contribution in [3.63, 3.8) is 0 Å². The number of hydrogen-bond acceptors (Lipinski definition) is 5. The van der Waals surface area contributed by atoms with Crippen LogP contribution in [0.5, 0.6) is 5.88 Å². The van der Waals surface area contributed by atoms with Gasteiger partial charge in [0.05, 0.1) is 16.6 Å². The number of pyridine rings is 1. The van der Waals surface area contributed by atoms with E-state index < -0.39 is 11.7 Å². The van der Waals surface area contributed by atoms with E-state index in [1.807, 2.05) is 20.8 Å². The second-order valence-electron chi connectivity index (χ2n) is 8.32. The molecule has 0 aliphatic heterocycles. The molecule has 0 amide bonds. The number of rotatable bonds is 7. The molecule has 4 aromatic rings. The van der Waals surface area contributed by atoms with Gasteiger partial charge in [0.1, 0.15) is 12.3 Å². The van der Waals surface area contributed by atoms with Crippen molar-refractivity contribution >= 4 is 16.8 Å². The number of alkyl halides is 3. The summed E-state index contributed by atoms with van der Waals surface area (Å²) in [5.41, 5.74) is 2.48. The number of Topliss-reactive ketones (excluding diaryl/α,β-unsaturated/α-hetero) is 1. The van der Waals surface area contributed by atoms with Gasteiger partial charge in [0.2, 0.25) is 5.88 Å². The Morgan fingerprint density at radius 3 is 2.53 bits per heavy atom. The summed E-state index contributed by atoms with van der Waals surface area (Å²) in [6.45, 7) is 5.24. The van der Waals surface area contributed by atoms with Crippen LogP contribution in [0.25, 0.3) is 22.3 Å². The van der Waals surface area contributed by atoms with E-state index in [0.717, 1.165) is 23.0 Å². The summed E-state index contributed by atoms with van der Waals surface area (Å²) >= 11 is 0. The zero-order chi connectivity index (χ0) is 24.6. The minimum atomic E-state index is -4.67. The van der Waals surface area contributed by atoms with Crippen LogP contribution in [0, 0.1) is 13.8 Å². The quantitative estimate of drug-likeness (QED) is 0.404. The van der Waals surface area contributed by atoms with E-state index in [1.54, 1.807) is 30.3 Å². The molecule has 178 valence electrons. The average molecular weight is 471 g/mol. The maximum absolute atomic E-state index is 14.0. The van der Waals surface area contributed by atoms with Gasteiger partial charge in [0, 0.05) is 30.8 Å². The number of hydrogen-bond donors (Lipinski definition) is 1. The second-order valence-corrected chi connectivity index (χ2v) is 8.32. The summed E-state index contributed by atoms with van der Waals surface area (Å²) < 4.78 is 48.8. The van der Waals surface area contributed by atoms with Crippen LogP contribution < -0.4 is 4.74 Å². The van der Waals surface area contributed by atoms with Crippen LogP contribution in [0.1, 0.15) is 41.8 Å². The lowest BCUT2D eigenvalue weighted by Crippen LogP contribution is -2.16. The Hall–Kier alpha value is -3.69. The number of ether oxygens (including phenoxy) is 1. The van der Waals surface area contributed by atoms with E-state index >= 15 is 0 Å². The Bertz CT molecular complexity index is 1320. The van der Waals surface area contributed by atoms with Gasteiger partial charge in [-0.2, -0.15) is 28.4 Å². The lowest BCUT2D eigenvalue weighted by molar-refractivity contribution is -0.136. The molecule has 0 saturated heterocycles. The topological polar surface area (TPSA) is 85.7 Å². The minimum absolute atomic E-state index is 0.0224. The SMILES string of the molecule is Cc1n[nH]c(C)c1[C@@H](C)CC(=O)COc1cc(C(F)(F)F)c2c(-c3ccccc3)nn(C)c2n1. The second kappa shape index (κ2) is 8.92. The van der Waals surface area contributed by atoms with Gasteiger partial charge in [-0.05, 0) is 25.3 Å². The lowest BCUT2D eigenvalue weighted by Gasteiger charge is -2.13. The van der Waals surface area contributed by atoms with Gasteiger partial charge in [0.25, 0.3) is 0 Å². The first-order valence-electron chi connectivity index (χ1n) is 10.7. The van der Waals surface area contributed by atoms with Gasteiger partial charge < -0.3 is 4.74 Å². The highest BCUT2D eigenvalue weighted by atomic mass is 19.4. The van der Waals surface area contributed by atoms with E-state index in [2.05, 4.69) is 20.3 Å². The van der Waals surface area contributed by atoms with E-state index in [-0.39, 0.29) is 47.3 Å². The molecule has 0 spiro atoms. The van der Waals surface area contributed by atoms with Crippen molar-refractivity contribution in [1.82, 2.24) is 25.0 Å². The number of H-pyrrole nitrogens is 1. The fourth-order valence-electron chi connectivity index (χ4n) is 4.26. The number of fused-ring (bicyclic) bond motifs is 1. The Morgan fingerprint density at radius 1 is 1.21 bits per heavy atom. The molecule has 1 atom stereocenters. The molecule has 4 rings (SSSR count). The van der Waals surface area contributed by atoms with Gasteiger partial charge in [-0.1, -0.05) is 37.3 Å². The smallest absolute Gasteiger partial charge is 0.417 e. The number of aromatic nitrogens is 5. The van der Waals surface area contributed by atoms with Crippen molar-refractivity contribution < 1.29 is 22.7 Å². The Balaban J connectivity index is 1.61. The maximum Gasteiger partial charge on any atom is 0.417 e. The molecule has 0 fully saturated rings. The largest absolute Gasteiger partial charge is 0.470 e. The van der Waals surface area contributed by atoms with Crippen molar-refractivity contribution in [2.45, 2.75) is 39.3 Å². The predicted molar refractivity (Wildman–Crippen MR) is 121 cm³/mol. The molecule has 0 unspecified atom stereocenters.